The average molecular weight is 278 g/mol. The number of aromatic nitrogens is 1. The third-order valence-corrected chi connectivity index (χ3v) is 3.62. The zero-order chi connectivity index (χ0) is 14.8. The first-order chi connectivity index (χ1) is 10.2. The van der Waals surface area contributed by atoms with E-state index in [4.69, 9.17) is 0 Å². The maximum Gasteiger partial charge on any atom is 0.262 e. The van der Waals surface area contributed by atoms with Gasteiger partial charge in [-0.25, -0.2) is 0 Å². The quantitative estimate of drug-likeness (QED) is 0.811. The Morgan fingerprint density at radius 3 is 2.33 bits per heavy atom. The largest absolute Gasteiger partial charge is 0.269 e. The number of rotatable bonds is 3. The molecule has 1 aliphatic rings. The minimum Gasteiger partial charge on any atom is -0.269 e. The lowest BCUT2D eigenvalue weighted by Crippen LogP contribution is -2.33. The molecule has 4 heteroatoms. The molecule has 0 aliphatic carbocycles. The Morgan fingerprint density at radius 1 is 1.00 bits per heavy atom. The van der Waals surface area contributed by atoms with Crippen LogP contribution in [-0.4, -0.2) is 21.7 Å². The molecule has 3 rings (SSSR count). The van der Waals surface area contributed by atoms with Gasteiger partial charge >= 0.3 is 0 Å². The lowest BCUT2D eigenvalue weighted by Gasteiger charge is -2.23. The highest BCUT2D eigenvalue weighted by atomic mass is 16.2. The van der Waals surface area contributed by atoms with Crippen LogP contribution in [0.15, 0.2) is 60.9 Å². The van der Waals surface area contributed by atoms with Crippen LogP contribution >= 0.6 is 0 Å². The lowest BCUT2D eigenvalue weighted by molar-refractivity contribution is -0.138. The highest BCUT2D eigenvalue weighted by molar-refractivity contribution is 6.33. The molecule has 0 spiro atoms. The normalized spacial score (nSPS) is 16.0. The van der Waals surface area contributed by atoms with Crippen LogP contribution in [0.2, 0.25) is 0 Å². The van der Waals surface area contributed by atoms with Gasteiger partial charge < -0.3 is 0 Å². The van der Waals surface area contributed by atoms with Gasteiger partial charge in [0.2, 0.25) is 0 Å². The Kier molecular flexibility index (Phi) is 3.36. The predicted octanol–water partition coefficient (Wildman–Crippen LogP) is 2.60. The molecule has 1 aromatic carbocycles. The highest BCUT2D eigenvalue weighted by Gasteiger charge is 2.35. The predicted molar refractivity (Wildman–Crippen MR) is 78.9 cm³/mol. The molecule has 0 saturated carbocycles. The van der Waals surface area contributed by atoms with E-state index in [0.29, 0.717) is 5.57 Å². The van der Waals surface area contributed by atoms with E-state index in [1.807, 2.05) is 49.4 Å². The molecule has 0 bridgehead atoms. The van der Waals surface area contributed by atoms with Crippen molar-refractivity contribution in [3.63, 3.8) is 0 Å². The number of benzene rings is 1. The molecule has 0 fully saturated rings. The molecule has 0 radical (unpaired) electrons. The molecular weight excluding hydrogens is 264 g/mol. The molecular formula is C17H14N2O2. The van der Waals surface area contributed by atoms with Crippen LogP contribution < -0.4 is 0 Å². The SMILES string of the molecule is CC(c1ccncc1)N1C(=O)C=C(c2ccccc2)C1=O. The van der Waals surface area contributed by atoms with Crippen LogP contribution in [0, 0.1) is 0 Å². The number of imide groups is 1. The van der Waals surface area contributed by atoms with E-state index < -0.39 is 0 Å². The second-order valence-corrected chi connectivity index (χ2v) is 4.89. The summed E-state index contributed by atoms with van der Waals surface area (Å²) in [6.07, 6.45) is 4.72. The molecule has 2 aromatic rings. The Balaban J connectivity index is 1.91. The number of carbonyl (C=O) groups excluding carboxylic acids is 2. The summed E-state index contributed by atoms with van der Waals surface area (Å²) in [5.74, 6) is -0.529. The fourth-order valence-corrected chi connectivity index (χ4v) is 2.47. The highest BCUT2D eigenvalue weighted by Crippen LogP contribution is 2.30. The second kappa shape index (κ2) is 5.32. The van der Waals surface area contributed by atoms with Crippen LogP contribution in [0.25, 0.3) is 5.57 Å². The van der Waals surface area contributed by atoms with Crippen molar-refractivity contribution in [3.8, 4) is 0 Å². The monoisotopic (exact) mass is 278 g/mol. The van der Waals surface area contributed by atoms with Crippen LogP contribution in [0.3, 0.4) is 0 Å². The Bertz CT molecular complexity index is 708. The van der Waals surface area contributed by atoms with E-state index in [1.54, 1.807) is 12.4 Å². The number of pyridine rings is 1. The zero-order valence-electron chi connectivity index (χ0n) is 11.6. The van der Waals surface area contributed by atoms with Gasteiger partial charge in [0.15, 0.2) is 0 Å². The van der Waals surface area contributed by atoms with Gasteiger partial charge in [-0.15, -0.1) is 0 Å². The van der Waals surface area contributed by atoms with Crippen molar-refractivity contribution in [1.29, 1.82) is 0 Å². The van der Waals surface area contributed by atoms with E-state index in [1.165, 1.54) is 11.0 Å². The molecule has 1 aromatic heterocycles. The van der Waals surface area contributed by atoms with Gasteiger partial charge in [-0.2, -0.15) is 0 Å². The summed E-state index contributed by atoms with van der Waals surface area (Å²) in [6.45, 7) is 1.84. The van der Waals surface area contributed by atoms with Gasteiger partial charge in [0.1, 0.15) is 0 Å². The first kappa shape index (κ1) is 13.2. The van der Waals surface area contributed by atoms with Crippen LogP contribution in [-0.2, 0) is 9.59 Å². The van der Waals surface area contributed by atoms with Gasteiger partial charge in [-0.1, -0.05) is 30.3 Å². The maximum atomic E-state index is 12.6. The standard InChI is InChI=1S/C17H14N2O2/c1-12(13-7-9-18-10-8-13)19-16(20)11-15(17(19)21)14-5-3-2-4-6-14/h2-12H,1H3. The first-order valence-electron chi connectivity index (χ1n) is 6.73. The van der Waals surface area contributed by atoms with Crippen molar-refractivity contribution in [3.05, 3.63) is 72.1 Å². The van der Waals surface area contributed by atoms with Crippen molar-refractivity contribution >= 4 is 17.4 Å². The summed E-state index contributed by atoms with van der Waals surface area (Å²) in [7, 11) is 0. The Hall–Kier alpha value is -2.75. The number of hydrogen-bond donors (Lipinski definition) is 0. The van der Waals surface area contributed by atoms with Crippen LogP contribution in [0.4, 0.5) is 0 Å². The second-order valence-electron chi connectivity index (χ2n) is 4.89. The fraction of sp³-hybridized carbons (Fsp3) is 0.118. The van der Waals surface area contributed by atoms with E-state index in [0.717, 1.165) is 11.1 Å². The molecule has 21 heavy (non-hydrogen) atoms. The smallest absolute Gasteiger partial charge is 0.262 e. The van der Waals surface area contributed by atoms with Gasteiger partial charge in [0, 0.05) is 18.5 Å². The number of amides is 2. The Morgan fingerprint density at radius 2 is 1.67 bits per heavy atom. The molecule has 1 unspecified atom stereocenters. The van der Waals surface area contributed by atoms with Gasteiger partial charge in [0.25, 0.3) is 11.8 Å². The van der Waals surface area contributed by atoms with Crippen molar-refractivity contribution in [2.24, 2.45) is 0 Å². The maximum absolute atomic E-state index is 12.6. The molecule has 4 nitrogen and oxygen atoms in total. The summed E-state index contributed by atoms with van der Waals surface area (Å²) in [6, 6.07) is 12.5. The third-order valence-electron chi connectivity index (χ3n) is 3.62. The molecule has 1 aliphatic heterocycles. The molecule has 0 N–H and O–H groups in total. The van der Waals surface area contributed by atoms with E-state index >= 15 is 0 Å². The van der Waals surface area contributed by atoms with Crippen molar-refractivity contribution in [2.45, 2.75) is 13.0 Å². The molecule has 2 heterocycles. The van der Waals surface area contributed by atoms with Crippen molar-refractivity contribution in [2.75, 3.05) is 0 Å². The summed E-state index contributed by atoms with van der Waals surface area (Å²) in [5.41, 5.74) is 2.09. The average Bonchev–Trinajstić information content (AvgIpc) is 2.83. The van der Waals surface area contributed by atoms with Gasteiger partial charge in [0.05, 0.1) is 11.6 Å². The number of hydrogen-bond acceptors (Lipinski definition) is 3. The van der Waals surface area contributed by atoms with E-state index in [-0.39, 0.29) is 17.9 Å². The van der Waals surface area contributed by atoms with Crippen molar-refractivity contribution < 1.29 is 9.59 Å². The molecule has 2 amide bonds. The Labute approximate surface area is 122 Å². The summed E-state index contributed by atoms with van der Waals surface area (Å²) < 4.78 is 0. The minimum atomic E-state index is -0.314. The van der Waals surface area contributed by atoms with E-state index in [2.05, 4.69) is 4.98 Å². The minimum absolute atomic E-state index is 0.254. The first-order valence-corrected chi connectivity index (χ1v) is 6.73. The summed E-state index contributed by atoms with van der Waals surface area (Å²) in [4.78, 5) is 30.0. The topological polar surface area (TPSA) is 50.3 Å². The van der Waals surface area contributed by atoms with Gasteiger partial charge in [-0.3, -0.25) is 19.5 Å². The van der Waals surface area contributed by atoms with Gasteiger partial charge in [-0.05, 0) is 30.2 Å². The van der Waals surface area contributed by atoms with Crippen LogP contribution in [0.1, 0.15) is 24.1 Å². The number of carbonyl (C=O) groups is 2. The lowest BCUT2D eigenvalue weighted by atomic mass is 10.1. The third kappa shape index (κ3) is 2.36. The zero-order valence-corrected chi connectivity index (χ0v) is 11.6. The number of nitrogens with zero attached hydrogens (tertiary/aromatic N) is 2. The summed E-state index contributed by atoms with van der Waals surface area (Å²) in [5, 5.41) is 0. The van der Waals surface area contributed by atoms with Crippen molar-refractivity contribution in [1.82, 2.24) is 9.88 Å². The van der Waals surface area contributed by atoms with Crippen LogP contribution in [0.5, 0.6) is 0 Å². The molecule has 1 atom stereocenters. The molecule has 104 valence electrons. The fourth-order valence-electron chi connectivity index (χ4n) is 2.47. The summed E-state index contributed by atoms with van der Waals surface area (Å²) >= 11 is 0. The molecule has 0 saturated heterocycles. The van der Waals surface area contributed by atoms with E-state index in [9.17, 15) is 9.59 Å².